The summed E-state index contributed by atoms with van der Waals surface area (Å²) in [4.78, 5) is 16.8. The maximum atomic E-state index is 12.3. The second kappa shape index (κ2) is 8.35. The van der Waals surface area contributed by atoms with Gasteiger partial charge in [-0.3, -0.25) is 0 Å². The number of rotatable bonds is 6. The van der Waals surface area contributed by atoms with Crippen LogP contribution in [0.4, 0.5) is 0 Å². The number of benzene rings is 1. The molecule has 0 radical (unpaired) electrons. The Morgan fingerprint density at radius 1 is 1.30 bits per heavy atom. The minimum absolute atomic E-state index is 0.279. The highest BCUT2D eigenvalue weighted by Gasteiger charge is 2.19. The number of ether oxygens (including phenoxy) is 1. The molecule has 0 spiro atoms. The van der Waals surface area contributed by atoms with Gasteiger partial charge >= 0.3 is 5.97 Å². The first kappa shape index (κ1) is 17.0. The van der Waals surface area contributed by atoms with Crippen molar-refractivity contribution >= 4 is 17.7 Å². The number of nitriles is 1. The van der Waals surface area contributed by atoms with Crippen LogP contribution >= 0.6 is 11.8 Å². The van der Waals surface area contributed by atoms with Crippen molar-refractivity contribution in [2.24, 2.45) is 0 Å². The topological polar surface area (TPSA) is 63.0 Å². The molecule has 0 saturated carbocycles. The summed E-state index contributed by atoms with van der Waals surface area (Å²) in [5.74, 6) is 0.414. The molecule has 2 rings (SSSR count). The van der Waals surface area contributed by atoms with Crippen LogP contribution in [0.3, 0.4) is 0 Å². The smallest absolute Gasteiger partial charge is 0.340 e. The molecular weight excluding hydrogens is 308 g/mol. The van der Waals surface area contributed by atoms with Gasteiger partial charge in [-0.25, -0.2) is 9.78 Å². The van der Waals surface area contributed by atoms with E-state index in [9.17, 15) is 10.1 Å². The SMILES string of the molecule is CCCSc1nc(-c2ccccc2)c(C(=O)OCC)cc1C#N. The van der Waals surface area contributed by atoms with Gasteiger partial charge in [-0.2, -0.15) is 5.26 Å². The summed E-state index contributed by atoms with van der Waals surface area (Å²) >= 11 is 1.53. The number of pyridine rings is 1. The highest BCUT2D eigenvalue weighted by atomic mass is 32.2. The number of hydrogen-bond acceptors (Lipinski definition) is 5. The molecule has 5 heteroatoms. The van der Waals surface area contributed by atoms with Crippen molar-refractivity contribution in [3.05, 3.63) is 47.5 Å². The van der Waals surface area contributed by atoms with E-state index in [2.05, 4.69) is 18.0 Å². The number of nitrogens with zero attached hydrogens (tertiary/aromatic N) is 2. The van der Waals surface area contributed by atoms with Crippen molar-refractivity contribution in [3.63, 3.8) is 0 Å². The van der Waals surface area contributed by atoms with Crippen LogP contribution in [0, 0.1) is 11.3 Å². The van der Waals surface area contributed by atoms with E-state index in [1.54, 1.807) is 13.0 Å². The van der Waals surface area contributed by atoms with E-state index < -0.39 is 5.97 Å². The highest BCUT2D eigenvalue weighted by Crippen LogP contribution is 2.29. The zero-order valence-corrected chi connectivity index (χ0v) is 14.0. The molecule has 1 aromatic carbocycles. The number of thioether (sulfide) groups is 1. The third kappa shape index (κ3) is 4.11. The summed E-state index contributed by atoms with van der Waals surface area (Å²) < 4.78 is 5.12. The van der Waals surface area contributed by atoms with Gasteiger partial charge < -0.3 is 4.74 Å². The van der Waals surface area contributed by atoms with Gasteiger partial charge in [0, 0.05) is 5.56 Å². The van der Waals surface area contributed by atoms with E-state index in [0.29, 0.717) is 21.8 Å². The Morgan fingerprint density at radius 2 is 2.04 bits per heavy atom. The van der Waals surface area contributed by atoms with Crippen molar-refractivity contribution in [2.75, 3.05) is 12.4 Å². The molecule has 1 heterocycles. The van der Waals surface area contributed by atoms with Gasteiger partial charge in [0.05, 0.1) is 23.4 Å². The lowest BCUT2D eigenvalue weighted by atomic mass is 10.0. The van der Waals surface area contributed by atoms with Crippen LogP contribution in [0.5, 0.6) is 0 Å². The van der Waals surface area contributed by atoms with Crippen LogP contribution in [0.2, 0.25) is 0 Å². The van der Waals surface area contributed by atoms with E-state index >= 15 is 0 Å². The van der Waals surface area contributed by atoms with Crippen LogP contribution in [-0.4, -0.2) is 23.3 Å². The summed E-state index contributed by atoms with van der Waals surface area (Å²) in [5, 5.41) is 10.0. The lowest BCUT2D eigenvalue weighted by Gasteiger charge is -2.12. The molecule has 1 aromatic heterocycles. The Bertz CT molecular complexity index is 724. The van der Waals surface area contributed by atoms with Gasteiger partial charge in [0.15, 0.2) is 0 Å². The Morgan fingerprint density at radius 3 is 2.65 bits per heavy atom. The van der Waals surface area contributed by atoms with E-state index in [-0.39, 0.29) is 6.61 Å². The van der Waals surface area contributed by atoms with E-state index in [1.807, 2.05) is 30.3 Å². The molecule has 4 nitrogen and oxygen atoms in total. The predicted molar refractivity (Wildman–Crippen MR) is 91.4 cm³/mol. The average molecular weight is 326 g/mol. The molecule has 0 amide bonds. The van der Waals surface area contributed by atoms with Crippen LogP contribution < -0.4 is 0 Å². The Hall–Kier alpha value is -2.32. The monoisotopic (exact) mass is 326 g/mol. The maximum absolute atomic E-state index is 12.3. The van der Waals surface area contributed by atoms with Crippen LogP contribution in [0.1, 0.15) is 36.2 Å². The number of carbonyl (C=O) groups excluding carboxylic acids is 1. The molecule has 0 aliphatic rings. The van der Waals surface area contributed by atoms with Crippen LogP contribution in [0.25, 0.3) is 11.3 Å². The molecule has 118 valence electrons. The van der Waals surface area contributed by atoms with Crippen molar-refractivity contribution in [2.45, 2.75) is 25.3 Å². The van der Waals surface area contributed by atoms with E-state index in [1.165, 1.54) is 11.8 Å². The largest absolute Gasteiger partial charge is 0.462 e. The first-order valence-corrected chi connectivity index (χ1v) is 8.50. The van der Waals surface area contributed by atoms with Gasteiger partial charge in [-0.15, -0.1) is 11.8 Å². The number of carbonyl (C=O) groups is 1. The Kier molecular flexibility index (Phi) is 6.19. The van der Waals surface area contributed by atoms with Gasteiger partial charge in [-0.05, 0) is 25.2 Å². The minimum Gasteiger partial charge on any atom is -0.462 e. The van der Waals surface area contributed by atoms with Gasteiger partial charge in [0.1, 0.15) is 11.1 Å². The standard InChI is InChI=1S/C18H18N2O2S/c1-3-10-23-17-14(12-19)11-15(18(21)22-4-2)16(20-17)13-8-6-5-7-9-13/h5-9,11H,3-4,10H2,1-2H3. The normalized spacial score (nSPS) is 10.1. The Labute approximate surface area is 140 Å². The molecule has 0 aliphatic heterocycles. The predicted octanol–water partition coefficient (Wildman–Crippen LogP) is 4.30. The van der Waals surface area contributed by atoms with Crippen molar-refractivity contribution < 1.29 is 9.53 Å². The summed E-state index contributed by atoms with van der Waals surface area (Å²) in [7, 11) is 0. The fraction of sp³-hybridized carbons (Fsp3) is 0.278. The van der Waals surface area contributed by atoms with Crippen molar-refractivity contribution in [3.8, 4) is 17.3 Å². The molecule has 0 saturated heterocycles. The average Bonchev–Trinajstić information content (AvgIpc) is 2.60. The van der Waals surface area contributed by atoms with Crippen molar-refractivity contribution in [1.29, 1.82) is 5.26 Å². The molecule has 0 atom stereocenters. The second-order valence-corrected chi connectivity index (χ2v) is 5.87. The first-order valence-electron chi connectivity index (χ1n) is 7.51. The van der Waals surface area contributed by atoms with Crippen LogP contribution in [-0.2, 0) is 4.74 Å². The molecule has 0 N–H and O–H groups in total. The molecule has 0 bridgehead atoms. The highest BCUT2D eigenvalue weighted by molar-refractivity contribution is 7.99. The lowest BCUT2D eigenvalue weighted by Crippen LogP contribution is -2.09. The maximum Gasteiger partial charge on any atom is 0.340 e. The second-order valence-electron chi connectivity index (χ2n) is 4.78. The summed E-state index contributed by atoms with van der Waals surface area (Å²) in [5.41, 5.74) is 2.13. The number of hydrogen-bond donors (Lipinski definition) is 0. The van der Waals surface area contributed by atoms with Gasteiger partial charge in [-0.1, -0.05) is 37.3 Å². The quantitative estimate of drug-likeness (QED) is 0.585. The van der Waals surface area contributed by atoms with E-state index in [4.69, 9.17) is 4.74 Å². The molecule has 23 heavy (non-hydrogen) atoms. The molecule has 0 fully saturated rings. The lowest BCUT2D eigenvalue weighted by molar-refractivity contribution is 0.0526. The third-order valence-corrected chi connectivity index (χ3v) is 4.29. The molecule has 0 unspecified atom stereocenters. The zero-order valence-electron chi connectivity index (χ0n) is 13.2. The summed E-state index contributed by atoms with van der Waals surface area (Å²) in [6.45, 7) is 4.11. The summed E-state index contributed by atoms with van der Waals surface area (Å²) in [6.07, 6.45) is 0.984. The number of esters is 1. The third-order valence-electron chi connectivity index (χ3n) is 3.09. The minimum atomic E-state index is -0.456. The molecule has 0 aliphatic carbocycles. The van der Waals surface area contributed by atoms with Crippen molar-refractivity contribution in [1.82, 2.24) is 4.98 Å². The number of aromatic nitrogens is 1. The fourth-order valence-corrected chi connectivity index (χ4v) is 2.88. The van der Waals surface area contributed by atoms with E-state index in [0.717, 1.165) is 17.7 Å². The molecular formula is C18H18N2O2S. The summed E-state index contributed by atoms with van der Waals surface area (Å²) in [6, 6.07) is 13.2. The van der Waals surface area contributed by atoms with Gasteiger partial charge in [0.2, 0.25) is 0 Å². The van der Waals surface area contributed by atoms with Crippen LogP contribution in [0.15, 0.2) is 41.4 Å². The fourth-order valence-electron chi connectivity index (χ4n) is 2.07. The molecule has 2 aromatic rings. The Balaban J connectivity index is 2.59. The zero-order chi connectivity index (χ0) is 16.7. The first-order chi connectivity index (χ1) is 11.2. The van der Waals surface area contributed by atoms with Gasteiger partial charge in [0.25, 0.3) is 0 Å².